The summed E-state index contributed by atoms with van der Waals surface area (Å²) in [6, 6.07) is 5.95. The summed E-state index contributed by atoms with van der Waals surface area (Å²) in [5, 5.41) is 19.3. The highest BCUT2D eigenvalue weighted by molar-refractivity contribution is 5.70. The number of halogens is 1. The van der Waals surface area contributed by atoms with E-state index in [1.165, 1.54) is 31.4 Å². The summed E-state index contributed by atoms with van der Waals surface area (Å²) in [6.45, 7) is 2.19. The van der Waals surface area contributed by atoms with Gasteiger partial charge in [-0.3, -0.25) is 0 Å². The van der Waals surface area contributed by atoms with Gasteiger partial charge in [0.15, 0.2) is 0 Å². The Morgan fingerprint density at radius 3 is 2.52 bits per heavy atom. The first-order valence-corrected chi connectivity index (χ1v) is 10.00. The van der Waals surface area contributed by atoms with Crippen LogP contribution in [0.1, 0.15) is 57.4 Å². The van der Waals surface area contributed by atoms with E-state index in [-0.39, 0.29) is 18.3 Å². The summed E-state index contributed by atoms with van der Waals surface area (Å²) in [7, 11) is 0. The van der Waals surface area contributed by atoms with Gasteiger partial charge < -0.3 is 19.8 Å². The van der Waals surface area contributed by atoms with E-state index >= 15 is 0 Å². The molecule has 1 saturated heterocycles. The van der Waals surface area contributed by atoms with Crippen LogP contribution in [-0.2, 0) is 10.3 Å². The largest absolute Gasteiger partial charge is 0.438 e. The molecule has 0 spiro atoms. The Kier molecular flexibility index (Phi) is 6.37. The number of amides is 1. The molecular formula is C21H30FNO4. The fourth-order valence-corrected chi connectivity index (χ4v) is 4.57. The Morgan fingerprint density at radius 1 is 1.26 bits per heavy atom. The lowest BCUT2D eigenvalue weighted by Gasteiger charge is -2.46. The first-order chi connectivity index (χ1) is 12.9. The highest BCUT2D eigenvalue weighted by Crippen LogP contribution is 2.40. The highest BCUT2D eigenvalue weighted by atomic mass is 19.1. The maximum atomic E-state index is 13.4. The van der Waals surface area contributed by atoms with Crippen LogP contribution in [-0.4, -0.2) is 46.5 Å². The van der Waals surface area contributed by atoms with Gasteiger partial charge in [-0.25, -0.2) is 9.18 Å². The van der Waals surface area contributed by atoms with Crippen LogP contribution in [0.25, 0.3) is 0 Å². The normalized spacial score (nSPS) is 26.5. The average molecular weight is 379 g/mol. The van der Waals surface area contributed by atoms with Crippen molar-refractivity contribution >= 4 is 6.09 Å². The molecule has 2 fully saturated rings. The molecule has 1 amide bonds. The molecular weight excluding hydrogens is 349 g/mol. The number of aliphatic hydroxyl groups excluding tert-OH is 2. The van der Waals surface area contributed by atoms with E-state index in [0.29, 0.717) is 24.4 Å². The fourth-order valence-electron chi connectivity index (χ4n) is 4.57. The third-order valence-corrected chi connectivity index (χ3v) is 6.24. The molecule has 1 aliphatic heterocycles. The summed E-state index contributed by atoms with van der Waals surface area (Å²) in [5.41, 5.74) is -0.398. The zero-order valence-corrected chi connectivity index (χ0v) is 15.9. The number of aliphatic hydroxyl groups is 2. The van der Waals surface area contributed by atoms with E-state index in [4.69, 9.17) is 4.74 Å². The molecule has 0 bridgehead atoms. The predicted molar refractivity (Wildman–Crippen MR) is 99.6 cm³/mol. The lowest BCUT2D eigenvalue weighted by molar-refractivity contribution is -0.0929. The highest BCUT2D eigenvalue weighted by Gasteiger charge is 2.45. The minimum atomic E-state index is -1.05. The molecule has 1 aliphatic carbocycles. The van der Waals surface area contributed by atoms with Crippen LogP contribution in [0.15, 0.2) is 24.3 Å². The molecule has 0 aromatic heterocycles. The van der Waals surface area contributed by atoms with Gasteiger partial charge in [-0.15, -0.1) is 0 Å². The number of cyclic esters (lactones) is 1. The second-order valence-electron chi connectivity index (χ2n) is 7.99. The van der Waals surface area contributed by atoms with E-state index in [1.807, 2.05) is 0 Å². The first kappa shape index (κ1) is 20.1. The second-order valence-corrected chi connectivity index (χ2v) is 7.99. The number of benzene rings is 1. The predicted octanol–water partition coefficient (Wildman–Crippen LogP) is 3.58. The van der Waals surface area contributed by atoms with E-state index in [1.54, 1.807) is 17.0 Å². The zero-order valence-electron chi connectivity index (χ0n) is 15.9. The Bertz CT molecular complexity index is 632. The number of hydrogen-bond donors (Lipinski definition) is 2. The molecule has 150 valence electrons. The first-order valence-electron chi connectivity index (χ1n) is 10.00. The molecule has 1 unspecified atom stereocenters. The van der Waals surface area contributed by atoms with Crippen LogP contribution in [0.4, 0.5) is 9.18 Å². The summed E-state index contributed by atoms with van der Waals surface area (Å²) >= 11 is 0. The Hall–Kier alpha value is -1.66. The lowest BCUT2D eigenvalue weighted by atomic mass is 9.81. The van der Waals surface area contributed by atoms with Gasteiger partial charge >= 0.3 is 6.09 Å². The molecule has 0 radical (unpaired) electrons. The van der Waals surface area contributed by atoms with Crippen LogP contribution < -0.4 is 0 Å². The second kappa shape index (κ2) is 8.57. The molecule has 1 aromatic carbocycles. The smallest absolute Gasteiger partial charge is 0.410 e. The average Bonchev–Trinajstić information content (AvgIpc) is 2.68. The minimum absolute atomic E-state index is 0.0898. The van der Waals surface area contributed by atoms with Gasteiger partial charge in [0.05, 0.1) is 12.7 Å². The molecule has 2 aliphatic rings. The standard InChI is InChI=1S/C21H30FNO4/c1-15(16-5-3-2-4-6-16)23-12-11-21(27-20(23)26,13-19(25)14-24)17-7-9-18(22)10-8-17/h7-10,15-16,19,24-25H,2-6,11-14H2,1H3/t15-,19?,21-/m0/s1. The van der Waals surface area contributed by atoms with Crippen molar-refractivity contribution < 1.29 is 24.1 Å². The van der Waals surface area contributed by atoms with Crippen molar-refractivity contribution in [3.8, 4) is 0 Å². The Labute approximate surface area is 160 Å². The Morgan fingerprint density at radius 2 is 1.93 bits per heavy atom. The van der Waals surface area contributed by atoms with Crippen LogP contribution in [0.5, 0.6) is 0 Å². The number of rotatable bonds is 6. The van der Waals surface area contributed by atoms with Crippen molar-refractivity contribution in [1.29, 1.82) is 0 Å². The van der Waals surface area contributed by atoms with Gasteiger partial charge in [-0.2, -0.15) is 0 Å². The molecule has 6 heteroatoms. The van der Waals surface area contributed by atoms with Crippen molar-refractivity contribution in [2.45, 2.75) is 69.6 Å². The van der Waals surface area contributed by atoms with Gasteiger partial charge in [-0.1, -0.05) is 31.4 Å². The topological polar surface area (TPSA) is 70.0 Å². The number of ether oxygens (including phenoxy) is 1. The fraction of sp³-hybridized carbons (Fsp3) is 0.667. The van der Waals surface area contributed by atoms with Gasteiger partial charge in [0, 0.05) is 25.4 Å². The molecule has 1 aromatic rings. The lowest BCUT2D eigenvalue weighted by Crippen LogP contribution is -2.53. The quantitative estimate of drug-likeness (QED) is 0.793. The Balaban J connectivity index is 1.79. The van der Waals surface area contributed by atoms with E-state index < -0.39 is 24.4 Å². The van der Waals surface area contributed by atoms with Gasteiger partial charge in [0.25, 0.3) is 0 Å². The number of carbonyl (C=O) groups is 1. The summed E-state index contributed by atoms with van der Waals surface area (Å²) in [6.07, 6.45) is 5.14. The SMILES string of the molecule is C[C@@H](C1CCCCC1)N1CC[C@](CC(O)CO)(c2ccc(F)cc2)OC1=O. The monoisotopic (exact) mass is 379 g/mol. The van der Waals surface area contributed by atoms with Gasteiger partial charge in [0.1, 0.15) is 11.4 Å². The van der Waals surface area contributed by atoms with Crippen LogP contribution >= 0.6 is 0 Å². The minimum Gasteiger partial charge on any atom is -0.438 e. The number of hydrogen-bond acceptors (Lipinski definition) is 4. The zero-order chi connectivity index (χ0) is 19.4. The number of carbonyl (C=O) groups excluding carboxylic acids is 1. The molecule has 1 saturated carbocycles. The van der Waals surface area contributed by atoms with Crippen molar-refractivity contribution in [2.24, 2.45) is 5.92 Å². The van der Waals surface area contributed by atoms with Crippen LogP contribution in [0.3, 0.4) is 0 Å². The maximum absolute atomic E-state index is 13.4. The molecule has 3 rings (SSSR count). The maximum Gasteiger partial charge on any atom is 0.410 e. The molecule has 2 N–H and O–H groups in total. The third-order valence-electron chi connectivity index (χ3n) is 6.24. The van der Waals surface area contributed by atoms with Gasteiger partial charge in [0.2, 0.25) is 0 Å². The van der Waals surface area contributed by atoms with Gasteiger partial charge in [-0.05, 0) is 43.4 Å². The summed E-state index contributed by atoms with van der Waals surface area (Å²) in [5.74, 6) is 0.124. The number of nitrogens with zero attached hydrogens (tertiary/aromatic N) is 1. The molecule has 27 heavy (non-hydrogen) atoms. The molecule has 3 atom stereocenters. The van der Waals surface area contributed by atoms with E-state index in [0.717, 1.165) is 12.8 Å². The van der Waals surface area contributed by atoms with Crippen molar-refractivity contribution in [1.82, 2.24) is 4.90 Å². The molecule has 1 heterocycles. The van der Waals surface area contributed by atoms with Crippen molar-refractivity contribution in [3.63, 3.8) is 0 Å². The van der Waals surface area contributed by atoms with Crippen molar-refractivity contribution in [2.75, 3.05) is 13.2 Å². The van der Waals surface area contributed by atoms with Crippen LogP contribution in [0, 0.1) is 11.7 Å². The third kappa shape index (κ3) is 4.43. The summed E-state index contributed by atoms with van der Waals surface area (Å²) < 4.78 is 19.2. The molecule has 5 nitrogen and oxygen atoms in total. The van der Waals surface area contributed by atoms with Crippen molar-refractivity contribution in [3.05, 3.63) is 35.6 Å². The van der Waals surface area contributed by atoms with E-state index in [2.05, 4.69) is 6.92 Å². The van der Waals surface area contributed by atoms with E-state index in [9.17, 15) is 19.4 Å². The summed E-state index contributed by atoms with van der Waals surface area (Å²) in [4.78, 5) is 14.7. The van der Waals surface area contributed by atoms with Crippen LogP contribution in [0.2, 0.25) is 0 Å².